The Morgan fingerprint density at radius 1 is 1.21 bits per heavy atom. The zero-order valence-corrected chi connectivity index (χ0v) is 18.9. The molecule has 5 rings (SSSR count). The van der Waals surface area contributed by atoms with Crippen LogP contribution in [0, 0.1) is 6.92 Å². The van der Waals surface area contributed by atoms with Crippen molar-refractivity contribution in [3.63, 3.8) is 0 Å². The molecule has 0 saturated heterocycles. The maximum absolute atomic E-state index is 13.1. The fourth-order valence-corrected chi connectivity index (χ4v) is 4.45. The van der Waals surface area contributed by atoms with Gasteiger partial charge in [0, 0.05) is 35.8 Å². The van der Waals surface area contributed by atoms with Crippen molar-refractivity contribution in [2.45, 2.75) is 25.5 Å². The summed E-state index contributed by atoms with van der Waals surface area (Å²) in [5.41, 5.74) is 4.99. The minimum absolute atomic E-state index is 0.440. The number of aliphatic hydroxyl groups is 1. The third kappa shape index (κ3) is 3.99. The monoisotopic (exact) mass is 462 g/mol. The zero-order chi connectivity index (χ0) is 23.1. The van der Waals surface area contributed by atoms with Crippen molar-refractivity contribution in [2.75, 3.05) is 5.32 Å². The van der Waals surface area contributed by atoms with Gasteiger partial charge >= 0.3 is 6.03 Å². The van der Waals surface area contributed by atoms with E-state index >= 15 is 0 Å². The topological polar surface area (TPSA) is 97.0 Å². The normalized spacial score (nSPS) is 17.1. The van der Waals surface area contributed by atoms with Crippen LogP contribution in [0.4, 0.5) is 10.6 Å². The third-order valence-electron chi connectivity index (χ3n) is 5.88. The van der Waals surface area contributed by atoms with Gasteiger partial charge in [0.2, 0.25) is 0 Å². The van der Waals surface area contributed by atoms with E-state index in [1.54, 1.807) is 27.7 Å². The molecule has 2 heterocycles. The number of carbonyl (C=O) groups excluding carboxylic acids is 1. The van der Waals surface area contributed by atoms with Crippen LogP contribution in [0.3, 0.4) is 0 Å². The molecule has 3 N–H and O–H groups in total. The second-order valence-corrected chi connectivity index (χ2v) is 8.60. The number of benzene rings is 2. The number of fused-ring (bicyclic) bond motifs is 1. The number of halogens is 1. The highest BCUT2D eigenvalue weighted by molar-refractivity contribution is 6.30. The lowest BCUT2D eigenvalue weighted by Gasteiger charge is -2.19. The van der Waals surface area contributed by atoms with Crippen LogP contribution in [-0.4, -0.2) is 36.8 Å². The number of anilines is 1. The van der Waals surface area contributed by atoms with Gasteiger partial charge in [-0.25, -0.2) is 9.48 Å². The Balaban J connectivity index is 1.47. The summed E-state index contributed by atoms with van der Waals surface area (Å²) in [5.74, 6) is 0.538. The summed E-state index contributed by atoms with van der Waals surface area (Å²) in [6.45, 7) is 1.91. The molecule has 8 nitrogen and oxygen atoms in total. The van der Waals surface area contributed by atoms with E-state index in [4.69, 9.17) is 16.7 Å². The quantitative estimate of drug-likeness (QED) is 0.427. The number of nitrogens with zero attached hydrogens (tertiary/aromatic N) is 4. The number of nitrogens with one attached hydrogen (secondary N) is 2. The molecule has 1 aliphatic carbocycles. The van der Waals surface area contributed by atoms with Crippen molar-refractivity contribution in [2.24, 2.45) is 7.05 Å². The van der Waals surface area contributed by atoms with E-state index in [0.717, 1.165) is 33.6 Å². The number of aromatic nitrogens is 4. The number of carbonyl (C=O) groups is 1. The Labute approximate surface area is 195 Å². The molecule has 0 bridgehead atoms. The van der Waals surface area contributed by atoms with Crippen LogP contribution in [0.25, 0.3) is 16.9 Å². The Kier molecular flexibility index (Phi) is 5.39. The van der Waals surface area contributed by atoms with Crippen molar-refractivity contribution < 1.29 is 9.90 Å². The Morgan fingerprint density at radius 3 is 2.73 bits per heavy atom. The predicted octanol–water partition coefficient (Wildman–Crippen LogP) is 4.01. The number of hydrogen-bond acceptors (Lipinski definition) is 4. The van der Waals surface area contributed by atoms with Crippen LogP contribution in [0.2, 0.25) is 5.02 Å². The van der Waals surface area contributed by atoms with E-state index in [9.17, 15) is 9.90 Å². The van der Waals surface area contributed by atoms with Crippen LogP contribution >= 0.6 is 11.6 Å². The smallest absolute Gasteiger partial charge is 0.320 e. The number of para-hydroxylation sites is 1. The van der Waals surface area contributed by atoms with Gasteiger partial charge in [0.1, 0.15) is 11.5 Å². The molecule has 1 aliphatic rings. The zero-order valence-electron chi connectivity index (χ0n) is 18.2. The maximum atomic E-state index is 13.1. The van der Waals surface area contributed by atoms with Crippen molar-refractivity contribution in [3.8, 4) is 16.9 Å². The lowest BCUT2D eigenvalue weighted by atomic mass is 10.1. The Morgan fingerprint density at radius 2 is 2.00 bits per heavy atom. The number of amides is 2. The van der Waals surface area contributed by atoms with E-state index in [-0.39, 0.29) is 0 Å². The molecule has 2 unspecified atom stereocenters. The highest BCUT2D eigenvalue weighted by atomic mass is 35.5. The molecule has 0 saturated carbocycles. The summed E-state index contributed by atoms with van der Waals surface area (Å²) in [6, 6.07) is 14.1. The molecule has 0 fully saturated rings. The van der Waals surface area contributed by atoms with Crippen molar-refractivity contribution in [1.82, 2.24) is 24.9 Å². The van der Waals surface area contributed by atoms with Crippen LogP contribution < -0.4 is 10.6 Å². The summed E-state index contributed by atoms with van der Waals surface area (Å²) in [5, 5.41) is 26.0. The van der Waals surface area contributed by atoms with Gasteiger partial charge < -0.3 is 10.4 Å². The summed E-state index contributed by atoms with van der Waals surface area (Å²) in [4.78, 5) is 13.1. The van der Waals surface area contributed by atoms with Crippen LogP contribution in [0.1, 0.15) is 22.7 Å². The number of aryl methyl sites for hydroxylation is 1. The minimum Gasteiger partial charge on any atom is -0.390 e. The van der Waals surface area contributed by atoms with Crippen molar-refractivity contribution in [1.29, 1.82) is 0 Å². The van der Waals surface area contributed by atoms with Gasteiger partial charge in [-0.2, -0.15) is 10.2 Å². The van der Waals surface area contributed by atoms with E-state index in [2.05, 4.69) is 15.7 Å². The van der Waals surface area contributed by atoms with E-state index in [1.165, 1.54) is 0 Å². The second-order valence-electron chi connectivity index (χ2n) is 8.16. The molecular formula is C24H23ClN6O2. The highest BCUT2D eigenvalue weighted by Gasteiger charge is 2.33. The van der Waals surface area contributed by atoms with Gasteiger partial charge in [0.25, 0.3) is 0 Å². The van der Waals surface area contributed by atoms with Gasteiger partial charge in [0.15, 0.2) is 0 Å². The second kappa shape index (κ2) is 8.38. The molecule has 2 aromatic carbocycles. The highest BCUT2D eigenvalue weighted by Crippen LogP contribution is 2.34. The summed E-state index contributed by atoms with van der Waals surface area (Å²) < 4.78 is 3.41. The average Bonchev–Trinajstić information content (AvgIpc) is 3.46. The maximum Gasteiger partial charge on any atom is 0.320 e. The summed E-state index contributed by atoms with van der Waals surface area (Å²) in [7, 11) is 1.84. The van der Waals surface area contributed by atoms with Crippen molar-refractivity contribution in [3.05, 3.63) is 82.6 Å². The van der Waals surface area contributed by atoms with E-state index < -0.39 is 18.2 Å². The molecule has 0 aliphatic heterocycles. The molecule has 9 heteroatoms. The first-order valence-corrected chi connectivity index (χ1v) is 11.0. The standard InChI is InChI=1S/C24H23ClN6O2/c1-14-21(16-12-26-30(2)13-16)29-31(18-6-4-3-5-7-18)23(14)28-24(33)27-22-19-11-17(25)9-8-15(19)10-20(22)32/h3-9,11-13,20,22,32H,10H2,1-2H3,(H2,27,28,33). The summed E-state index contributed by atoms with van der Waals surface area (Å²) >= 11 is 6.15. The lowest BCUT2D eigenvalue weighted by molar-refractivity contribution is 0.144. The fourth-order valence-electron chi connectivity index (χ4n) is 4.27. The Hall–Kier alpha value is -3.62. The number of hydrogen-bond donors (Lipinski definition) is 3. The van der Waals surface area contributed by atoms with Gasteiger partial charge in [-0.05, 0) is 42.3 Å². The van der Waals surface area contributed by atoms with Crippen LogP contribution in [0.5, 0.6) is 0 Å². The van der Waals surface area contributed by atoms with Crippen LogP contribution in [0.15, 0.2) is 60.9 Å². The first kappa shape index (κ1) is 21.2. The minimum atomic E-state index is -0.727. The molecule has 4 aromatic rings. The predicted molar refractivity (Wildman–Crippen MR) is 127 cm³/mol. The van der Waals surface area contributed by atoms with Crippen LogP contribution in [-0.2, 0) is 13.5 Å². The first-order chi connectivity index (χ1) is 15.9. The first-order valence-electron chi connectivity index (χ1n) is 10.6. The molecule has 2 aromatic heterocycles. The third-order valence-corrected chi connectivity index (χ3v) is 6.11. The molecule has 2 amide bonds. The van der Waals surface area contributed by atoms with Crippen molar-refractivity contribution >= 4 is 23.4 Å². The molecule has 33 heavy (non-hydrogen) atoms. The molecule has 168 valence electrons. The largest absolute Gasteiger partial charge is 0.390 e. The fraction of sp³-hybridized carbons (Fsp3) is 0.208. The van der Waals surface area contributed by atoms with Gasteiger partial charge in [-0.1, -0.05) is 35.9 Å². The SMILES string of the molecule is Cc1c(-c2cnn(C)c2)nn(-c2ccccc2)c1NC(=O)NC1c2cc(Cl)ccc2CC1O. The van der Waals surface area contributed by atoms with Gasteiger partial charge in [0.05, 0.1) is 24.0 Å². The van der Waals surface area contributed by atoms with Gasteiger partial charge in [-0.3, -0.25) is 10.00 Å². The van der Waals surface area contributed by atoms with E-state index in [1.807, 2.05) is 56.6 Å². The number of urea groups is 1. The summed E-state index contributed by atoms with van der Waals surface area (Å²) in [6.07, 6.45) is 3.35. The van der Waals surface area contributed by atoms with Gasteiger partial charge in [-0.15, -0.1) is 0 Å². The average molecular weight is 463 g/mol. The molecule has 0 spiro atoms. The number of aliphatic hydroxyl groups excluding tert-OH is 1. The molecular weight excluding hydrogens is 440 g/mol. The Bertz CT molecular complexity index is 1330. The lowest BCUT2D eigenvalue weighted by Crippen LogP contribution is -2.37. The molecule has 0 radical (unpaired) electrons. The number of rotatable bonds is 4. The van der Waals surface area contributed by atoms with E-state index in [0.29, 0.717) is 17.3 Å². The molecule has 2 atom stereocenters.